The van der Waals surface area contributed by atoms with Crippen molar-refractivity contribution in [1.82, 2.24) is 18.6 Å². The van der Waals surface area contributed by atoms with Gasteiger partial charge >= 0.3 is 65.9 Å². The molecular formula is C36H40ClN4RuS2. The van der Waals surface area contributed by atoms with Gasteiger partial charge in [-0.1, -0.05) is 91.5 Å². The maximum Gasteiger partial charge on any atom is 0.0273 e. The van der Waals surface area contributed by atoms with Crippen LogP contribution in [0, 0.1) is 0 Å². The second-order valence-electron chi connectivity index (χ2n) is 9.33. The van der Waals surface area contributed by atoms with Gasteiger partial charge in [-0.15, -0.1) is 0 Å². The SMILES string of the molecule is CCC1N(SC)CCN1SC.[Cl][Ru]=[CH]c1ccccc1.c1ccc(-c2ccncc2)cc1.c1ccc(-c2ccncc2)cc1. The van der Waals surface area contributed by atoms with E-state index in [1.165, 1.54) is 47.3 Å². The summed E-state index contributed by atoms with van der Waals surface area (Å²) in [5.74, 6) is 0. The Morgan fingerprint density at radius 1 is 0.636 bits per heavy atom. The maximum absolute atomic E-state index is 5.57. The van der Waals surface area contributed by atoms with Gasteiger partial charge in [-0.3, -0.25) is 9.97 Å². The van der Waals surface area contributed by atoms with Gasteiger partial charge in [0.05, 0.1) is 6.17 Å². The van der Waals surface area contributed by atoms with Crippen molar-refractivity contribution in [2.45, 2.75) is 19.5 Å². The Morgan fingerprint density at radius 3 is 1.34 bits per heavy atom. The van der Waals surface area contributed by atoms with Crippen LogP contribution in [0.2, 0.25) is 0 Å². The fraction of sp³-hybridized carbons (Fsp3) is 0.194. The first-order valence-electron chi connectivity index (χ1n) is 14.3. The second-order valence-corrected chi connectivity index (χ2v) is 12.8. The Morgan fingerprint density at radius 2 is 1.00 bits per heavy atom. The van der Waals surface area contributed by atoms with E-state index < -0.39 is 0 Å². The molecule has 2 aromatic heterocycles. The molecule has 0 saturated carbocycles. The van der Waals surface area contributed by atoms with Gasteiger partial charge in [-0.2, -0.15) is 0 Å². The van der Waals surface area contributed by atoms with Gasteiger partial charge in [0.1, 0.15) is 0 Å². The van der Waals surface area contributed by atoms with Crippen molar-refractivity contribution in [1.29, 1.82) is 0 Å². The standard InChI is InChI=1S/2C11H9N.C7H16N2S2.C7H6.ClH.Ru/c2*1-2-4-10(5-3-1)11-6-8-12-9-7-11;1-4-7-8(10-2)5-6-9(7)11-3;1-7-5-3-2-4-6-7;;/h2*1-9H;7H,4-6H2,1-3H3;1-6H;1H;/q;;;;;+1/p-1. The summed E-state index contributed by atoms with van der Waals surface area (Å²) in [6.45, 7) is 4.67. The fourth-order valence-corrected chi connectivity index (χ4v) is 7.07. The molecule has 1 fully saturated rings. The number of rotatable bonds is 6. The molecule has 1 saturated heterocycles. The topological polar surface area (TPSA) is 32.3 Å². The molecule has 44 heavy (non-hydrogen) atoms. The molecule has 0 N–H and O–H groups in total. The van der Waals surface area contributed by atoms with E-state index in [1.54, 1.807) is 0 Å². The first kappa shape index (κ1) is 35.8. The largest absolute Gasteiger partial charge is 0.265 e. The summed E-state index contributed by atoms with van der Waals surface area (Å²) < 4.78 is 6.97. The molecule has 4 nitrogen and oxygen atoms in total. The van der Waals surface area contributed by atoms with Crippen molar-refractivity contribution < 1.29 is 15.7 Å². The Bertz CT molecular complexity index is 1270. The smallest absolute Gasteiger partial charge is 0.0273 e. The monoisotopic (exact) mass is 729 g/mol. The molecule has 0 radical (unpaired) electrons. The Kier molecular flexibility index (Phi) is 17.9. The summed E-state index contributed by atoms with van der Waals surface area (Å²) in [7, 11) is 5.57. The van der Waals surface area contributed by atoms with Crippen molar-refractivity contribution in [3.05, 3.63) is 146 Å². The molecule has 0 unspecified atom stereocenters. The van der Waals surface area contributed by atoms with Crippen molar-refractivity contribution in [2.75, 3.05) is 25.6 Å². The number of pyridine rings is 2. The number of nitrogens with zero attached hydrogens (tertiary/aromatic N) is 4. The molecule has 0 aliphatic carbocycles. The predicted molar refractivity (Wildman–Crippen MR) is 191 cm³/mol. The molecule has 1 aliphatic rings. The van der Waals surface area contributed by atoms with Gasteiger partial charge in [-0.25, -0.2) is 8.61 Å². The summed E-state index contributed by atoms with van der Waals surface area (Å²) in [5.41, 5.74) is 6.13. The Labute approximate surface area is 283 Å². The van der Waals surface area contributed by atoms with E-state index >= 15 is 0 Å². The summed E-state index contributed by atoms with van der Waals surface area (Å²) in [5, 5.41) is 0. The molecular weight excluding hydrogens is 689 g/mol. The summed E-state index contributed by atoms with van der Waals surface area (Å²) >= 11 is 3.65. The number of halogens is 1. The summed E-state index contributed by atoms with van der Waals surface area (Å²) in [4.78, 5) is 7.94. The van der Waals surface area contributed by atoms with Crippen LogP contribution < -0.4 is 0 Å². The first-order chi connectivity index (χ1) is 21.7. The van der Waals surface area contributed by atoms with Crippen LogP contribution in [0.15, 0.2) is 140 Å². The van der Waals surface area contributed by atoms with Crippen LogP contribution in [-0.2, 0) is 15.7 Å². The van der Waals surface area contributed by atoms with Crippen molar-refractivity contribution in [3.63, 3.8) is 0 Å². The van der Waals surface area contributed by atoms with Crippen molar-refractivity contribution in [2.24, 2.45) is 0 Å². The van der Waals surface area contributed by atoms with Gasteiger partial charge in [0.15, 0.2) is 0 Å². The minimum absolute atomic E-state index is 0.0765. The van der Waals surface area contributed by atoms with Crippen LogP contribution in [0.5, 0.6) is 0 Å². The molecule has 0 amide bonds. The average molecular weight is 729 g/mol. The van der Waals surface area contributed by atoms with Crippen LogP contribution in [-0.4, -0.2) is 55.0 Å². The zero-order chi connectivity index (χ0) is 31.2. The van der Waals surface area contributed by atoms with Crippen LogP contribution in [0.1, 0.15) is 18.9 Å². The van der Waals surface area contributed by atoms with Gasteiger partial charge in [-0.05, 0) is 65.5 Å². The third kappa shape index (κ3) is 12.8. The molecule has 0 bridgehead atoms. The molecule has 3 heterocycles. The minimum atomic E-state index is -0.0765. The molecule has 8 heteroatoms. The van der Waals surface area contributed by atoms with Crippen molar-refractivity contribution in [3.8, 4) is 22.3 Å². The van der Waals surface area contributed by atoms with Gasteiger partial charge in [0.25, 0.3) is 0 Å². The second kappa shape index (κ2) is 22.0. The van der Waals surface area contributed by atoms with E-state index in [-0.39, 0.29) is 15.7 Å². The number of hydrogen-bond acceptors (Lipinski definition) is 6. The third-order valence-electron chi connectivity index (χ3n) is 6.57. The zero-order valence-corrected chi connectivity index (χ0v) is 29.5. The van der Waals surface area contributed by atoms with Crippen LogP contribution in [0.25, 0.3) is 22.3 Å². The normalized spacial score (nSPS) is 13.4. The maximum atomic E-state index is 5.57. The van der Waals surface area contributed by atoms with E-state index in [1.807, 2.05) is 128 Å². The third-order valence-corrected chi connectivity index (χ3v) is 9.59. The van der Waals surface area contributed by atoms with Gasteiger partial charge in [0, 0.05) is 37.9 Å². The first-order valence-corrected chi connectivity index (χ1v) is 19.9. The molecule has 5 aromatic rings. The molecule has 3 aromatic carbocycles. The Balaban J connectivity index is 0.000000161. The molecule has 0 spiro atoms. The summed E-state index contributed by atoms with van der Waals surface area (Å²) in [6, 6.07) is 38.7. The number of aromatic nitrogens is 2. The number of hydrogen-bond donors (Lipinski definition) is 0. The predicted octanol–water partition coefficient (Wildman–Crippen LogP) is 9.47. The Hall–Kier alpha value is -2.64. The van der Waals surface area contributed by atoms with Crippen molar-refractivity contribution >= 4 is 38.2 Å². The van der Waals surface area contributed by atoms with E-state index in [9.17, 15) is 0 Å². The van der Waals surface area contributed by atoms with E-state index in [0.717, 1.165) is 0 Å². The fourth-order valence-electron chi connectivity index (χ4n) is 4.39. The average Bonchev–Trinajstić information content (AvgIpc) is 3.54. The van der Waals surface area contributed by atoms with Gasteiger partial charge in [0.2, 0.25) is 0 Å². The quantitative estimate of drug-likeness (QED) is 0.128. The number of benzene rings is 3. The zero-order valence-electron chi connectivity index (χ0n) is 25.4. The molecule has 1 aliphatic heterocycles. The summed E-state index contributed by atoms with van der Waals surface area (Å²) in [6.07, 6.45) is 13.4. The van der Waals surface area contributed by atoms with Gasteiger partial charge < -0.3 is 0 Å². The molecule has 0 atom stereocenters. The van der Waals surface area contributed by atoms with Crippen LogP contribution >= 0.6 is 33.6 Å². The molecule has 231 valence electrons. The van der Waals surface area contributed by atoms with E-state index in [2.05, 4.69) is 79.0 Å². The van der Waals surface area contributed by atoms with E-state index in [0.29, 0.717) is 6.17 Å². The molecule has 6 rings (SSSR count). The van der Waals surface area contributed by atoms with E-state index in [4.69, 9.17) is 9.69 Å². The minimum Gasteiger partial charge on any atom is -0.265 e. The van der Waals surface area contributed by atoms with Crippen LogP contribution in [0.4, 0.5) is 0 Å². The van der Waals surface area contributed by atoms with Crippen LogP contribution in [0.3, 0.4) is 0 Å².